The van der Waals surface area contributed by atoms with Crippen molar-refractivity contribution >= 4 is 11.9 Å². The molecule has 0 aromatic rings. The van der Waals surface area contributed by atoms with Crippen LogP contribution in [0.2, 0.25) is 0 Å². The summed E-state index contributed by atoms with van der Waals surface area (Å²) in [6.45, 7) is 7.32. The zero-order chi connectivity index (χ0) is 12.6. The van der Waals surface area contributed by atoms with Crippen LogP contribution in [-0.2, 0) is 19.1 Å². The predicted molar refractivity (Wildman–Crippen MR) is 60.8 cm³/mol. The first kappa shape index (κ1) is 14.7. The number of hydrogen-bond donors (Lipinski definition) is 0. The van der Waals surface area contributed by atoms with E-state index in [1.54, 1.807) is 13.0 Å². The molecule has 0 aliphatic rings. The third kappa shape index (κ3) is 6.22. The maximum atomic E-state index is 11.1. The second-order valence-electron chi connectivity index (χ2n) is 3.53. The molecule has 0 bridgehead atoms. The fourth-order valence-electron chi connectivity index (χ4n) is 1.32. The fourth-order valence-corrected chi connectivity index (χ4v) is 1.32. The Balaban J connectivity index is 4.24. The van der Waals surface area contributed by atoms with Crippen LogP contribution in [0, 0.1) is 5.92 Å². The van der Waals surface area contributed by atoms with Crippen LogP contribution in [0.25, 0.3) is 0 Å². The molecule has 4 nitrogen and oxygen atoms in total. The first-order chi connectivity index (χ1) is 7.51. The van der Waals surface area contributed by atoms with Crippen molar-refractivity contribution in [3.05, 3.63) is 12.2 Å². The van der Waals surface area contributed by atoms with Gasteiger partial charge in [0.05, 0.1) is 6.61 Å². The smallest absolute Gasteiger partial charge is 0.330 e. The maximum Gasteiger partial charge on any atom is 0.330 e. The number of carbonyl (C=O) groups excluding carboxylic acids is 2. The normalized spacial score (nSPS) is 14.5. The van der Waals surface area contributed by atoms with Gasteiger partial charge in [-0.15, -0.1) is 0 Å². The molecule has 92 valence electrons. The number of hydrogen-bond acceptors (Lipinski definition) is 4. The lowest BCUT2D eigenvalue weighted by atomic mass is 10.0. The monoisotopic (exact) mass is 228 g/mol. The number of ether oxygens (including phenoxy) is 2. The highest BCUT2D eigenvalue weighted by Crippen LogP contribution is 2.13. The third-order valence-electron chi connectivity index (χ3n) is 2.13. The minimum absolute atomic E-state index is 0.00157. The minimum atomic E-state index is -0.368. The van der Waals surface area contributed by atoms with Gasteiger partial charge in [0.1, 0.15) is 6.10 Å². The molecular formula is C12H20O4. The Morgan fingerprint density at radius 1 is 1.31 bits per heavy atom. The molecule has 0 aliphatic heterocycles. The number of esters is 2. The molecule has 0 rings (SSSR count). The van der Waals surface area contributed by atoms with Crippen LogP contribution in [0.1, 0.15) is 34.1 Å². The molecule has 0 heterocycles. The highest BCUT2D eigenvalue weighted by atomic mass is 16.5. The lowest BCUT2D eigenvalue weighted by Gasteiger charge is -2.19. The zero-order valence-corrected chi connectivity index (χ0v) is 10.4. The van der Waals surface area contributed by atoms with E-state index >= 15 is 0 Å². The van der Waals surface area contributed by atoms with Crippen molar-refractivity contribution in [3.63, 3.8) is 0 Å². The van der Waals surface area contributed by atoms with Crippen LogP contribution in [-0.4, -0.2) is 24.6 Å². The summed E-state index contributed by atoms with van der Waals surface area (Å²) in [4.78, 5) is 21.9. The Morgan fingerprint density at radius 3 is 2.38 bits per heavy atom. The van der Waals surface area contributed by atoms with Gasteiger partial charge >= 0.3 is 11.9 Å². The van der Waals surface area contributed by atoms with E-state index in [0.717, 1.165) is 0 Å². The molecule has 4 heteroatoms. The van der Waals surface area contributed by atoms with E-state index in [1.807, 2.05) is 13.8 Å². The standard InChI is InChI=1S/C12H20O4/c1-5-11(16-10(4)13)9(3)7-8-12(14)15-6-2/h7-9,11H,5-6H2,1-4H3/t9-,11-/m0/s1. The highest BCUT2D eigenvalue weighted by molar-refractivity contribution is 5.81. The van der Waals surface area contributed by atoms with Gasteiger partial charge in [0.15, 0.2) is 0 Å². The van der Waals surface area contributed by atoms with Crippen molar-refractivity contribution < 1.29 is 19.1 Å². The molecule has 0 aliphatic carbocycles. The van der Waals surface area contributed by atoms with E-state index in [9.17, 15) is 9.59 Å². The van der Waals surface area contributed by atoms with Crippen molar-refractivity contribution in [1.29, 1.82) is 0 Å². The topological polar surface area (TPSA) is 52.6 Å². The summed E-state index contributed by atoms with van der Waals surface area (Å²) in [5.41, 5.74) is 0. The van der Waals surface area contributed by atoms with Crippen molar-refractivity contribution in [1.82, 2.24) is 0 Å². The molecule has 0 N–H and O–H groups in total. The zero-order valence-electron chi connectivity index (χ0n) is 10.4. The van der Waals surface area contributed by atoms with E-state index in [1.165, 1.54) is 13.0 Å². The van der Waals surface area contributed by atoms with Gasteiger partial charge in [0.2, 0.25) is 0 Å². The van der Waals surface area contributed by atoms with Gasteiger partial charge in [-0.05, 0) is 13.3 Å². The van der Waals surface area contributed by atoms with Gasteiger partial charge in [-0.1, -0.05) is 19.9 Å². The Labute approximate surface area is 96.6 Å². The van der Waals surface area contributed by atoms with Gasteiger partial charge in [-0.3, -0.25) is 4.79 Å². The highest BCUT2D eigenvalue weighted by Gasteiger charge is 2.15. The molecule has 0 spiro atoms. The number of carbonyl (C=O) groups is 2. The molecule has 0 radical (unpaired) electrons. The van der Waals surface area contributed by atoms with Crippen molar-refractivity contribution in [2.45, 2.75) is 40.2 Å². The quantitative estimate of drug-likeness (QED) is 0.516. The molecule has 0 amide bonds. The van der Waals surface area contributed by atoms with Crippen molar-refractivity contribution in [3.8, 4) is 0 Å². The second-order valence-corrected chi connectivity index (χ2v) is 3.53. The average Bonchev–Trinajstić information content (AvgIpc) is 2.22. The van der Waals surface area contributed by atoms with E-state index in [2.05, 4.69) is 0 Å². The SMILES string of the molecule is CCOC(=O)C=C[C@H](C)[C@H](CC)OC(C)=O. The van der Waals surface area contributed by atoms with E-state index < -0.39 is 0 Å². The second kappa shape index (κ2) is 7.91. The first-order valence-electron chi connectivity index (χ1n) is 5.53. The lowest BCUT2D eigenvalue weighted by molar-refractivity contribution is -0.148. The fraction of sp³-hybridized carbons (Fsp3) is 0.667. The summed E-state index contributed by atoms with van der Waals surface area (Å²) in [5, 5.41) is 0. The third-order valence-corrected chi connectivity index (χ3v) is 2.13. The summed E-state index contributed by atoms with van der Waals surface area (Å²) >= 11 is 0. The predicted octanol–water partition coefficient (Wildman–Crippen LogP) is 2.08. The average molecular weight is 228 g/mol. The van der Waals surface area contributed by atoms with Crippen molar-refractivity contribution in [2.75, 3.05) is 6.61 Å². The molecule has 16 heavy (non-hydrogen) atoms. The van der Waals surface area contributed by atoms with Crippen LogP contribution < -0.4 is 0 Å². The summed E-state index contributed by atoms with van der Waals surface area (Å²) < 4.78 is 9.86. The Hall–Kier alpha value is -1.32. The maximum absolute atomic E-state index is 11.1. The molecule has 0 aromatic carbocycles. The Morgan fingerprint density at radius 2 is 1.94 bits per heavy atom. The Kier molecular flexibility index (Phi) is 7.25. The molecule has 0 fully saturated rings. The van der Waals surface area contributed by atoms with Gasteiger partial charge in [-0.25, -0.2) is 4.79 Å². The molecule has 0 aromatic heterocycles. The largest absolute Gasteiger partial charge is 0.463 e. The van der Waals surface area contributed by atoms with Crippen LogP contribution in [0.5, 0.6) is 0 Å². The first-order valence-corrected chi connectivity index (χ1v) is 5.53. The van der Waals surface area contributed by atoms with E-state index in [4.69, 9.17) is 9.47 Å². The van der Waals surface area contributed by atoms with Gasteiger partial charge in [-0.2, -0.15) is 0 Å². The van der Waals surface area contributed by atoms with Crippen LogP contribution >= 0.6 is 0 Å². The summed E-state index contributed by atoms with van der Waals surface area (Å²) in [5.74, 6) is -0.673. The minimum Gasteiger partial charge on any atom is -0.463 e. The van der Waals surface area contributed by atoms with Gasteiger partial charge in [0.25, 0.3) is 0 Å². The summed E-state index contributed by atoms with van der Waals surface area (Å²) in [7, 11) is 0. The molecular weight excluding hydrogens is 208 g/mol. The molecule has 0 saturated heterocycles. The lowest BCUT2D eigenvalue weighted by Crippen LogP contribution is -2.22. The number of rotatable bonds is 6. The van der Waals surface area contributed by atoms with E-state index in [-0.39, 0.29) is 24.0 Å². The van der Waals surface area contributed by atoms with Crippen molar-refractivity contribution in [2.24, 2.45) is 5.92 Å². The molecule has 0 saturated carbocycles. The van der Waals surface area contributed by atoms with Crippen LogP contribution in [0.4, 0.5) is 0 Å². The Bertz CT molecular complexity index is 258. The summed E-state index contributed by atoms with van der Waals surface area (Å²) in [6.07, 6.45) is 3.60. The van der Waals surface area contributed by atoms with Crippen LogP contribution in [0.15, 0.2) is 12.2 Å². The molecule has 2 atom stereocenters. The summed E-state index contributed by atoms with van der Waals surface area (Å²) in [6, 6.07) is 0. The van der Waals surface area contributed by atoms with Gasteiger partial charge < -0.3 is 9.47 Å². The van der Waals surface area contributed by atoms with E-state index in [0.29, 0.717) is 13.0 Å². The van der Waals surface area contributed by atoms with Crippen LogP contribution in [0.3, 0.4) is 0 Å². The van der Waals surface area contributed by atoms with Gasteiger partial charge in [0, 0.05) is 18.9 Å². The molecule has 0 unspecified atom stereocenters.